The summed E-state index contributed by atoms with van der Waals surface area (Å²) >= 11 is 0. The van der Waals surface area contributed by atoms with Crippen molar-refractivity contribution in [3.05, 3.63) is 53.2 Å². The van der Waals surface area contributed by atoms with E-state index in [1.807, 2.05) is 28.8 Å². The molecule has 0 aliphatic carbocycles. The molecule has 3 aromatic rings. The number of anilines is 1. The number of phenolic OH excluding ortho intramolecular Hbond substituents is 1. The van der Waals surface area contributed by atoms with Crippen LogP contribution < -0.4 is 14.8 Å². The number of hydrogen-bond donors (Lipinski definition) is 2. The summed E-state index contributed by atoms with van der Waals surface area (Å²) in [6.45, 7) is 1.80. The second kappa shape index (κ2) is 7.05. The van der Waals surface area contributed by atoms with Gasteiger partial charge in [0.2, 0.25) is 11.7 Å². The molecule has 1 aliphatic heterocycles. The number of nitrogens with one attached hydrogen (secondary N) is 1. The minimum atomic E-state index is -0.561. The molecule has 0 saturated carbocycles. The summed E-state index contributed by atoms with van der Waals surface area (Å²) in [5.74, 6) is 0.516. The highest BCUT2D eigenvalue weighted by molar-refractivity contribution is 5.94. The Morgan fingerprint density at radius 2 is 1.79 bits per heavy atom. The average molecular weight is 395 g/mol. The molecule has 2 heterocycles. The lowest BCUT2D eigenvalue weighted by Gasteiger charge is -2.30. The first-order valence-electron chi connectivity index (χ1n) is 8.98. The number of para-hydroxylation sites is 2. The summed E-state index contributed by atoms with van der Waals surface area (Å²) in [7, 11) is 4.27. The standard InChI is InChI=1S/C21H21N3O5/c1-11-17(20(26)29-4)18(12-9-15(27-2)19(25)16(10-12)28-3)24-14-8-6-5-7-13(14)23-21(24)22-11/h5-10,18,25H,1-4H3,(H,22,23)/t18-/m0/s1. The van der Waals surface area contributed by atoms with E-state index < -0.39 is 12.0 Å². The van der Waals surface area contributed by atoms with E-state index in [1.165, 1.54) is 21.3 Å². The van der Waals surface area contributed by atoms with Gasteiger partial charge in [0.1, 0.15) is 0 Å². The summed E-state index contributed by atoms with van der Waals surface area (Å²) < 4.78 is 17.6. The third-order valence-electron chi connectivity index (χ3n) is 5.05. The number of carbonyl (C=O) groups excluding carboxylic acids is 1. The number of imidazole rings is 1. The molecule has 8 heteroatoms. The number of allylic oxidation sites excluding steroid dienone is 1. The van der Waals surface area contributed by atoms with Crippen molar-refractivity contribution in [2.75, 3.05) is 26.6 Å². The SMILES string of the molecule is COC(=O)C1=C(C)Nc2nc3ccccc3n2[C@H]1c1cc(OC)c(O)c(OC)c1. The van der Waals surface area contributed by atoms with E-state index >= 15 is 0 Å². The maximum atomic E-state index is 12.7. The molecule has 29 heavy (non-hydrogen) atoms. The van der Waals surface area contributed by atoms with Crippen LogP contribution in [-0.4, -0.2) is 42.0 Å². The number of benzene rings is 2. The highest BCUT2D eigenvalue weighted by atomic mass is 16.5. The molecule has 2 N–H and O–H groups in total. The van der Waals surface area contributed by atoms with Gasteiger partial charge in [-0.1, -0.05) is 12.1 Å². The predicted octanol–water partition coefficient (Wildman–Crippen LogP) is 3.22. The summed E-state index contributed by atoms with van der Waals surface area (Å²) in [5.41, 5.74) is 3.38. The van der Waals surface area contributed by atoms with Gasteiger partial charge in [0.05, 0.1) is 44.0 Å². The number of rotatable bonds is 4. The number of fused-ring (bicyclic) bond motifs is 3. The molecule has 1 aromatic heterocycles. The van der Waals surface area contributed by atoms with Crippen LogP contribution in [0.4, 0.5) is 5.95 Å². The van der Waals surface area contributed by atoms with Crippen molar-refractivity contribution < 1.29 is 24.1 Å². The molecule has 8 nitrogen and oxygen atoms in total. The second-order valence-corrected chi connectivity index (χ2v) is 6.63. The lowest BCUT2D eigenvalue weighted by Crippen LogP contribution is -2.28. The molecule has 1 atom stereocenters. The maximum Gasteiger partial charge on any atom is 0.337 e. The molecule has 0 bridgehead atoms. The van der Waals surface area contributed by atoms with Gasteiger partial charge in [0, 0.05) is 5.70 Å². The van der Waals surface area contributed by atoms with Crippen molar-refractivity contribution in [2.24, 2.45) is 0 Å². The van der Waals surface area contributed by atoms with Gasteiger partial charge >= 0.3 is 5.97 Å². The number of phenols is 1. The Hall–Kier alpha value is -3.68. The Labute approximate surface area is 167 Å². The summed E-state index contributed by atoms with van der Waals surface area (Å²) in [6.07, 6.45) is 0. The first kappa shape index (κ1) is 18.7. The molecule has 0 radical (unpaired) electrons. The Balaban J connectivity index is 2.04. The molecule has 1 aliphatic rings. The molecule has 0 amide bonds. The molecule has 0 unspecified atom stereocenters. The van der Waals surface area contributed by atoms with Crippen LogP contribution in [0.15, 0.2) is 47.7 Å². The predicted molar refractivity (Wildman–Crippen MR) is 107 cm³/mol. The summed E-state index contributed by atoms with van der Waals surface area (Å²) in [5, 5.41) is 13.5. The second-order valence-electron chi connectivity index (χ2n) is 6.63. The van der Waals surface area contributed by atoms with Gasteiger partial charge in [-0.25, -0.2) is 9.78 Å². The van der Waals surface area contributed by atoms with Gasteiger partial charge in [-0.15, -0.1) is 0 Å². The van der Waals surface area contributed by atoms with Crippen LogP contribution in [0.3, 0.4) is 0 Å². The first-order valence-corrected chi connectivity index (χ1v) is 8.98. The van der Waals surface area contributed by atoms with Gasteiger partial charge in [-0.2, -0.15) is 0 Å². The van der Waals surface area contributed by atoms with Crippen LogP contribution in [0.25, 0.3) is 11.0 Å². The highest BCUT2D eigenvalue weighted by Gasteiger charge is 2.35. The molecule has 4 rings (SSSR count). The monoisotopic (exact) mass is 395 g/mol. The van der Waals surface area contributed by atoms with Gasteiger partial charge in [0.25, 0.3) is 0 Å². The molecular weight excluding hydrogens is 374 g/mol. The zero-order valence-electron chi connectivity index (χ0n) is 16.5. The van der Waals surface area contributed by atoms with Crippen molar-refractivity contribution >= 4 is 23.0 Å². The molecular formula is C21H21N3O5. The van der Waals surface area contributed by atoms with E-state index in [1.54, 1.807) is 19.1 Å². The lowest BCUT2D eigenvalue weighted by atomic mass is 9.94. The van der Waals surface area contributed by atoms with E-state index in [9.17, 15) is 9.90 Å². The third kappa shape index (κ3) is 2.84. The van der Waals surface area contributed by atoms with E-state index in [-0.39, 0.29) is 17.2 Å². The number of hydrogen-bond acceptors (Lipinski definition) is 7. The number of ether oxygens (including phenoxy) is 3. The number of methoxy groups -OCH3 is 3. The smallest absolute Gasteiger partial charge is 0.337 e. The van der Waals surface area contributed by atoms with Crippen LogP contribution in [0.5, 0.6) is 17.2 Å². The maximum absolute atomic E-state index is 12.7. The van der Waals surface area contributed by atoms with E-state index in [4.69, 9.17) is 14.2 Å². The number of aromatic hydroxyl groups is 1. The molecule has 0 spiro atoms. The Bertz CT molecular complexity index is 1120. The fraction of sp³-hybridized carbons (Fsp3) is 0.238. The van der Waals surface area contributed by atoms with E-state index in [0.29, 0.717) is 22.8 Å². The molecule has 0 saturated heterocycles. The average Bonchev–Trinajstić information content (AvgIpc) is 3.10. The molecule has 0 fully saturated rings. The number of nitrogens with zero attached hydrogens (tertiary/aromatic N) is 2. The third-order valence-corrected chi connectivity index (χ3v) is 5.05. The van der Waals surface area contributed by atoms with Crippen LogP contribution in [0.1, 0.15) is 18.5 Å². The van der Waals surface area contributed by atoms with Crippen LogP contribution in [-0.2, 0) is 9.53 Å². The summed E-state index contributed by atoms with van der Waals surface area (Å²) in [6, 6.07) is 10.5. The number of aromatic nitrogens is 2. The van der Waals surface area contributed by atoms with Gasteiger partial charge in [-0.3, -0.25) is 4.57 Å². The quantitative estimate of drug-likeness (QED) is 0.655. The number of esters is 1. The Morgan fingerprint density at radius 3 is 2.41 bits per heavy atom. The van der Waals surface area contributed by atoms with Gasteiger partial charge < -0.3 is 24.6 Å². The summed E-state index contributed by atoms with van der Waals surface area (Å²) in [4.78, 5) is 17.4. The van der Waals surface area contributed by atoms with Crippen molar-refractivity contribution in [2.45, 2.75) is 13.0 Å². The lowest BCUT2D eigenvalue weighted by molar-refractivity contribution is -0.136. The van der Waals surface area contributed by atoms with Crippen LogP contribution >= 0.6 is 0 Å². The topological polar surface area (TPSA) is 94.8 Å². The Kier molecular flexibility index (Phi) is 4.54. The van der Waals surface area contributed by atoms with Crippen LogP contribution in [0.2, 0.25) is 0 Å². The molecule has 150 valence electrons. The minimum absolute atomic E-state index is 0.108. The number of carbonyl (C=O) groups is 1. The largest absolute Gasteiger partial charge is 0.502 e. The van der Waals surface area contributed by atoms with Crippen LogP contribution in [0, 0.1) is 0 Å². The van der Waals surface area contributed by atoms with Crippen molar-refractivity contribution in [1.82, 2.24) is 9.55 Å². The van der Waals surface area contributed by atoms with E-state index in [0.717, 1.165) is 11.0 Å². The van der Waals surface area contributed by atoms with Crippen molar-refractivity contribution in [3.63, 3.8) is 0 Å². The Morgan fingerprint density at radius 1 is 1.14 bits per heavy atom. The van der Waals surface area contributed by atoms with Gasteiger partial charge in [0.15, 0.2) is 11.5 Å². The van der Waals surface area contributed by atoms with Gasteiger partial charge in [-0.05, 0) is 36.8 Å². The van der Waals surface area contributed by atoms with E-state index in [2.05, 4.69) is 10.3 Å². The fourth-order valence-corrected chi connectivity index (χ4v) is 3.73. The van der Waals surface area contributed by atoms with Crippen molar-refractivity contribution in [3.8, 4) is 17.2 Å². The normalized spacial score (nSPS) is 15.7. The first-order chi connectivity index (χ1) is 14.0. The minimum Gasteiger partial charge on any atom is -0.502 e. The zero-order chi connectivity index (χ0) is 20.7. The fourth-order valence-electron chi connectivity index (χ4n) is 3.73. The van der Waals surface area contributed by atoms with Crippen molar-refractivity contribution in [1.29, 1.82) is 0 Å². The zero-order valence-corrected chi connectivity index (χ0v) is 16.5. The molecule has 2 aromatic carbocycles. The highest BCUT2D eigenvalue weighted by Crippen LogP contribution is 2.44.